The van der Waals surface area contributed by atoms with Crippen molar-refractivity contribution in [2.24, 2.45) is 11.8 Å². The molecule has 106 valence electrons. The van der Waals surface area contributed by atoms with Gasteiger partial charge in [0.05, 0.1) is 11.0 Å². The van der Waals surface area contributed by atoms with Crippen molar-refractivity contribution in [3.63, 3.8) is 0 Å². The van der Waals surface area contributed by atoms with Gasteiger partial charge in [-0.05, 0) is 43.2 Å². The van der Waals surface area contributed by atoms with Gasteiger partial charge in [0.2, 0.25) is 0 Å². The van der Waals surface area contributed by atoms with Crippen LogP contribution >= 0.6 is 0 Å². The van der Waals surface area contributed by atoms with E-state index in [0.29, 0.717) is 5.69 Å². The monoisotopic (exact) mass is 270 g/mol. The zero-order valence-electron chi connectivity index (χ0n) is 12.1. The number of nitrogens with zero attached hydrogens (tertiary/aromatic N) is 1. The Kier molecular flexibility index (Phi) is 3.86. The molecule has 2 atom stereocenters. The summed E-state index contributed by atoms with van der Waals surface area (Å²) in [5.41, 5.74) is 2.36. The molecule has 1 N–H and O–H groups in total. The molecule has 3 heteroatoms. The van der Waals surface area contributed by atoms with Crippen LogP contribution in [-0.2, 0) is 6.42 Å². The molecule has 1 aromatic heterocycles. The van der Waals surface area contributed by atoms with E-state index in [-0.39, 0.29) is 5.56 Å². The van der Waals surface area contributed by atoms with Crippen LogP contribution < -0.4 is 5.56 Å². The molecule has 0 radical (unpaired) electrons. The SMILES string of the molecule is CC1C[C@H]1CCCCCc1nc2ccccc2[nH]c1=O. The Hall–Kier alpha value is -1.64. The van der Waals surface area contributed by atoms with E-state index in [1.165, 1.54) is 25.7 Å². The maximum atomic E-state index is 11.9. The predicted octanol–water partition coefficient (Wildman–Crippen LogP) is 3.68. The van der Waals surface area contributed by atoms with Gasteiger partial charge in [-0.25, -0.2) is 4.98 Å². The number of unbranched alkanes of at least 4 members (excludes halogenated alkanes) is 2. The molecule has 0 bridgehead atoms. The zero-order chi connectivity index (χ0) is 13.9. The van der Waals surface area contributed by atoms with Crippen LogP contribution in [0.4, 0.5) is 0 Å². The topological polar surface area (TPSA) is 45.8 Å². The first-order valence-corrected chi connectivity index (χ1v) is 7.72. The molecule has 1 unspecified atom stereocenters. The lowest BCUT2D eigenvalue weighted by Crippen LogP contribution is -2.15. The molecule has 1 saturated carbocycles. The quantitative estimate of drug-likeness (QED) is 0.814. The highest BCUT2D eigenvalue weighted by molar-refractivity contribution is 5.73. The predicted molar refractivity (Wildman–Crippen MR) is 81.8 cm³/mol. The number of hydrogen-bond donors (Lipinski definition) is 1. The van der Waals surface area contributed by atoms with Crippen molar-refractivity contribution in [2.45, 2.75) is 45.4 Å². The van der Waals surface area contributed by atoms with Crippen molar-refractivity contribution in [1.29, 1.82) is 0 Å². The van der Waals surface area contributed by atoms with E-state index in [4.69, 9.17) is 0 Å². The summed E-state index contributed by atoms with van der Waals surface area (Å²) >= 11 is 0. The first kappa shape index (κ1) is 13.3. The molecule has 3 nitrogen and oxygen atoms in total. The van der Waals surface area contributed by atoms with Gasteiger partial charge in [0.25, 0.3) is 5.56 Å². The summed E-state index contributed by atoms with van der Waals surface area (Å²) in [5.74, 6) is 1.94. The highest BCUT2D eigenvalue weighted by Gasteiger charge is 2.31. The van der Waals surface area contributed by atoms with Gasteiger partial charge in [-0.15, -0.1) is 0 Å². The number of benzene rings is 1. The van der Waals surface area contributed by atoms with Crippen molar-refractivity contribution in [2.75, 3.05) is 0 Å². The molecule has 1 aromatic carbocycles. The molecule has 3 rings (SSSR count). The summed E-state index contributed by atoms with van der Waals surface area (Å²) in [5, 5.41) is 0. The number of fused-ring (bicyclic) bond motifs is 1. The van der Waals surface area contributed by atoms with Crippen LogP contribution in [0.15, 0.2) is 29.1 Å². The van der Waals surface area contributed by atoms with Gasteiger partial charge in [0.15, 0.2) is 0 Å². The van der Waals surface area contributed by atoms with Crippen LogP contribution in [0, 0.1) is 11.8 Å². The number of aromatic nitrogens is 2. The minimum atomic E-state index is -0.0282. The second-order valence-corrected chi connectivity index (χ2v) is 6.10. The summed E-state index contributed by atoms with van der Waals surface area (Å²) in [6.45, 7) is 2.34. The van der Waals surface area contributed by atoms with Crippen LogP contribution in [-0.4, -0.2) is 9.97 Å². The maximum absolute atomic E-state index is 11.9. The third-order valence-electron chi connectivity index (χ3n) is 4.43. The lowest BCUT2D eigenvalue weighted by Gasteiger charge is -2.03. The normalized spacial score (nSPS) is 21.2. The maximum Gasteiger partial charge on any atom is 0.270 e. The molecule has 1 fully saturated rings. The average Bonchev–Trinajstić information content (AvgIpc) is 3.14. The van der Waals surface area contributed by atoms with E-state index in [0.717, 1.165) is 35.7 Å². The van der Waals surface area contributed by atoms with E-state index < -0.39 is 0 Å². The summed E-state index contributed by atoms with van der Waals surface area (Å²) in [6.07, 6.45) is 7.14. The molecular weight excluding hydrogens is 248 g/mol. The minimum absolute atomic E-state index is 0.0282. The van der Waals surface area contributed by atoms with Gasteiger partial charge in [0, 0.05) is 0 Å². The van der Waals surface area contributed by atoms with Crippen molar-refractivity contribution in [3.8, 4) is 0 Å². The zero-order valence-corrected chi connectivity index (χ0v) is 12.1. The third-order valence-corrected chi connectivity index (χ3v) is 4.43. The largest absolute Gasteiger partial charge is 0.319 e. The van der Waals surface area contributed by atoms with Gasteiger partial charge in [-0.2, -0.15) is 0 Å². The van der Waals surface area contributed by atoms with E-state index in [1.54, 1.807) is 0 Å². The Morgan fingerprint density at radius 1 is 1.25 bits per heavy atom. The molecule has 1 heterocycles. The second kappa shape index (κ2) is 5.78. The first-order valence-electron chi connectivity index (χ1n) is 7.72. The number of hydrogen-bond acceptors (Lipinski definition) is 2. The summed E-state index contributed by atoms with van der Waals surface area (Å²) in [7, 11) is 0. The number of aryl methyl sites for hydroxylation is 1. The van der Waals surface area contributed by atoms with Gasteiger partial charge >= 0.3 is 0 Å². The molecule has 1 aliphatic carbocycles. The van der Waals surface area contributed by atoms with Gasteiger partial charge in [-0.1, -0.05) is 38.3 Å². The summed E-state index contributed by atoms with van der Waals surface area (Å²) in [4.78, 5) is 19.3. The molecule has 2 aromatic rings. The third kappa shape index (κ3) is 3.09. The van der Waals surface area contributed by atoms with E-state index in [2.05, 4.69) is 16.9 Å². The Bertz CT molecular complexity index is 647. The molecule has 0 spiro atoms. The molecular formula is C17H22N2O. The number of nitrogens with one attached hydrogen (secondary N) is 1. The fourth-order valence-electron chi connectivity index (χ4n) is 2.91. The molecule has 0 aliphatic heterocycles. The van der Waals surface area contributed by atoms with Gasteiger partial charge in [-0.3, -0.25) is 4.79 Å². The van der Waals surface area contributed by atoms with Gasteiger partial charge < -0.3 is 4.98 Å². The lowest BCUT2D eigenvalue weighted by molar-refractivity contribution is 0.579. The van der Waals surface area contributed by atoms with E-state index >= 15 is 0 Å². The first-order chi connectivity index (χ1) is 9.74. The standard InChI is InChI=1S/C17H22N2O/c1-12-11-13(12)7-3-2-4-10-16-17(20)19-15-9-6-5-8-14(15)18-16/h5-6,8-9,12-13H,2-4,7,10-11H2,1H3,(H,19,20)/t12?,13-/m1/s1. The second-order valence-electron chi connectivity index (χ2n) is 6.10. The highest BCUT2D eigenvalue weighted by Crippen LogP contribution is 2.41. The Morgan fingerprint density at radius 2 is 2.05 bits per heavy atom. The van der Waals surface area contributed by atoms with Crippen LogP contribution in [0.2, 0.25) is 0 Å². The van der Waals surface area contributed by atoms with Crippen molar-refractivity contribution in [3.05, 3.63) is 40.3 Å². The number of H-pyrrole nitrogens is 1. The Labute approximate surface area is 119 Å². The van der Waals surface area contributed by atoms with Crippen molar-refractivity contribution in [1.82, 2.24) is 9.97 Å². The average molecular weight is 270 g/mol. The fourth-order valence-corrected chi connectivity index (χ4v) is 2.91. The molecule has 0 saturated heterocycles. The molecule has 20 heavy (non-hydrogen) atoms. The number of rotatable bonds is 6. The van der Waals surface area contributed by atoms with Crippen LogP contribution in [0.3, 0.4) is 0 Å². The van der Waals surface area contributed by atoms with Crippen molar-refractivity contribution >= 4 is 11.0 Å². The van der Waals surface area contributed by atoms with Crippen molar-refractivity contribution < 1.29 is 0 Å². The minimum Gasteiger partial charge on any atom is -0.319 e. The summed E-state index contributed by atoms with van der Waals surface area (Å²) < 4.78 is 0. The highest BCUT2D eigenvalue weighted by atomic mass is 16.1. The van der Waals surface area contributed by atoms with Crippen LogP contribution in [0.25, 0.3) is 11.0 Å². The molecule has 0 amide bonds. The Morgan fingerprint density at radius 3 is 2.85 bits per heavy atom. The van der Waals surface area contributed by atoms with E-state index in [9.17, 15) is 4.79 Å². The van der Waals surface area contributed by atoms with Crippen LogP contribution in [0.1, 0.15) is 44.7 Å². The smallest absolute Gasteiger partial charge is 0.270 e. The lowest BCUT2D eigenvalue weighted by atomic mass is 10.1. The summed E-state index contributed by atoms with van der Waals surface area (Å²) in [6, 6.07) is 7.71. The van der Waals surface area contributed by atoms with Gasteiger partial charge in [0.1, 0.15) is 5.69 Å². The number of aromatic amines is 1. The number of para-hydroxylation sites is 2. The van der Waals surface area contributed by atoms with Crippen LogP contribution in [0.5, 0.6) is 0 Å². The van der Waals surface area contributed by atoms with E-state index in [1.807, 2.05) is 24.3 Å². The molecule has 1 aliphatic rings. The Balaban J connectivity index is 1.54. The fraction of sp³-hybridized carbons (Fsp3) is 0.529.